The van der Waals surface area contributed by atoms with Crippen LogP contribution in [-0.2, 0) is 17.6 Å². The molecule has 0 saturated carbocycles. The molecule has 1 aliphatic rings. The Hall–Kier alpha value is -2.73. The SMILES string of the molecule is CC(=O)N1c2ccccc2C[C@H]1c1nc(Cc2ccc(F)cc2Cl)no1. The van der Waals surface area contributed by atoms with E-state index in [9.17, 15) is 9.18 Å². The van der Waals surface area contributed by atoms with Gasteiger partial charge in [-0.05, 0) is 29.3 Å². The molecule has 0 saturated heterocycles. The van der Waals surface area contributed by atoms with Gasteiger partial charge in [-0.15, -0.1) is 0 Å². The maximum absolute atomic E-state index is 13.2. The molecule has 1 aromatic heterocycles. The molecule has 1 aliphatic heterocycles. The van der Waals surface area contributed by atoms with Crippen LogP contribution in [0.5, 0.6) is 0 Å². The van der Waals surface area contributed by atoms with Gasteiger partial charge < -0.3 is 4.52 Å². The Balaban J connectivity index is 1.61. The van der Waals surface area contributed by atoms with Crippen LogP contribution in [0.4, 0.5) is 10.1 Å². The van der Waals surface area contributed by atoms with Crippen LogP contribution in [0.3, 0.4) is 0 Å². The molecule has 0 spiro atoms. The van der Waals surface area contributed by atoms with Gasteiger partial charge in [-0.2, -0.15) is 4.98 Å². The molecule has 0 bridgehead atoms. The van der Waals surface area contributed by atoms with Gasteiger partial charge in [0, 0.05) is 30.5 Å². The normalized spacial score (nSPS) is 16.0. The van der Waals surface area contributed by atoms with Crippen molar-refractivity contribution in [3.8, 4) is 0 Å². The number of aromatic nitrogens is 2. The second-order valence-electron chi connectivity index (χ2n) is 6.20. The number of rotatable bonds is 3. The number of carbonyl (C=O) groups is 1. The summed E-state index contributed by atoms with van der Waals surface area (Å²) in [5, 5.41) is 4.31. The number of hydrogen-bond acceptors (Lipinski definition) is 4. The van der Waals surface area contributed by atoms with Crippen LogP contribution in [0.15, 0.2) is 47.0 Å². The van der Waals surface area contributed by atoms with Crippen LogP contribution >= 0.6 is 11.6 Å². The molecule has 3 aromatic rings. The number of para-hydroxylation sites is 1. The van der Waals surface area contributed by atoms with Gasteiger partial charge in [0.25, 0.3) is 0 Å². The van der Waals surface area contributed by atoms with Crippen molar-refractivity contribution >= 4 is 23.2 Å². The Morgan fingerprint density at radius 3 is 2.92 bits per heavy atom. The van der Waals surface area contributed by atoms with Gasteiger partial charge in [0.1, 0.15) is 11.9 Å². The van der Waals surface area contributed by atoms with Crippen LogP contribution in [0.1, 0.15) is 35.8 Å². The second kappa shape index (κ2) is 6.53. The molecule has 4 rings (SSSR count). The van der Waals surface area contributed by atoms with Crippen LogP contribution < -0.4 is 4.90 Å². The minimum atomic E-state index is -0.395. The Kier molecular flexibility index (Phi) is 4.20. The first-order valence-electron chi connectivity index (χ1n) is 8.17. The van der Waals surface area contributed by atoms with Crippen molar-refractivity contribution < 1.29 is 13.7 Å². The Morgan fingerprint density at radius 1 is 1.35 bits per heavy atom. The van der Waals surface area contributed by atoms with Crippen LogP contribution in [0.25, 0.3) is 0 Å². The molecule has 1 amide bonds. The maximum Gasteiger partial charge on any atom is 0.250 e. The zero-order valence-electron chi connectivity index (χ0n) is 13.9. The lowest BCUT2D eigenvalue weighted by Crippen LogP contribution is -2.30. The monoisotopic (exact) mass is 371 g/mol. The molecule has 26 heavy (non-hydrogen) atoms. The van der Waals surface area contributed by atoms with Crippen molar-refractivity contribution in [2.45, 2.75) is 25.8 Å². The van der Waals surface area contributed by atoms with Crippen molar-refractivity contribution in [2.24, 2.45) is 0 Å². The van der Waals surface area contributed by atoms with E-state index in [1.165, 1.54) is 19.1 Å². The van der Waals surface area contributed by atoms with Crippen molar-refractivity contribution in [3.05, 3.63) is 76.1 Å². The summed E-state index contributed by atoms with van der Waals surface area (Å²) in [6, 6.07) is 11.6. The Labute approximate surface area is 154 Å². The van der Waals surface area contributed by atoms with Gasteiger partial charge in [-0.1, -0.05) is 41.0 Å². The summed E-state index contributed by atoms with van der Waals surface area (Å²) in [6.45, 7) is 1.52. The molecule has 0 N–H and O–H groups in total. The first-order chi connectivity index (χ1) is 12.5. The Bertz CT molecular complexity index is 988. The largest absolute Gasteiger partial charge is 0.337 e. The van der Waals surface area contributed by atoms with Crippen molar-refractivity contribution in [2.75, 3.05) is 4.90 Å². The van der Waals surface area contributed by atoms with Gasteiger partial charge in [0.15, 0.2) is 5.82 Å². The Morgan fingerprint density at radius 2 is 2.15 bits per heavy atom. The van der Waals surface area contributed by atoms with Crippen molar-refractivity contribution in [3.63, 3.8) is 0 Å². The van der Waals surface area contributed by atoms with Gasteiger partial charge in [-0.25, -0.2) is 4.39 Å². The number of fused-ring (bicyclic) bond motifs is 1. The summed E-state index contributed by atoms with van der Waals surface area (Å²) in [4.78, 5) is 18.3. The van der Waals surface area contributed by atoms with Gasteiger partial charge in [0.2, 0.25) is 11.8 Å². The molecule has 5 nitrogen and oxygen atoms in total. The minimum absolute atomic E-state index is 0.0821. The van der Waals surface area contributed by atoms with Gasteiger partial charge in [-0.3, -0.25) is 9.69 Å². The first kappa shape index (κ1) is 16.7. The third kappa shape index (κ3) is 2.97. The van der Waals surface area contributed by atoms with Crippen LogP contribution in [0.2, 0.25) is 5.02 Å². The van der Waals surface area contributed by atoms with Crippen molar-refractivity contribution in [1.29, 1.82) is 0 Å². The average molecular weight is 372 g/mol. The number of hydrogen-bond donors (Lipinski definition) is 0. The molecule has 1 atom stereocenters. The van der Waals surface area contributed by atoms with Gasteiger partial charge in [0.05, 0.1) is 0 Å². The van der Waals surface area contributed by atoms with E-state index >= 15 is 0 Å². The van der Waals surface area contributed by atoms with E-state index < -0.39 is 5.82 Å². The highest BCUT2D eigenvalue weighted by atomic mass is 35.5. The quantitative estimate of drug-likeness (QED) is 0.695. The lowest BCUT2D eigenvalue weighted by molar-refractivity contribution is -0.117. The molecular weight excluding hydrogens is 357 g/mol. The average Bonchev–Trinajstić information content (AvgIpc) is 3.21. The maximum atomic E-state index is 13.2. The second-order valence-corrected chi connectivity index (χ2v) is 6.61. The van der Waals surface area contributed by atoms with E-state index in [0.29, 0.717) is 35.1 Å². The topological polar surface area (TPSA) is 59.2 Å². The highest BCUT2D eigenvalue weighted by molar-refractivity contribution is 6.31. The highest BCUT2D eigenvalue weighted by Gasteiger charge is 2.36. The van der Waals surface area contributed by atoms with Crippen LogP contribution in [0, 0.1) is 5.82 Å². The van der Waals surface area contributed by atoms with Crippen LogP contribution in [-0.4, -0.2) is 16.0 Å². The zero-order chi connectivity index (χ0) is 18.3. The number of nitrogens with zero attached hydrogens (tertiary/aromatic N) is 3. The molecule has 0 aliphatic carbocycles. The first-order valence-corrected chi connectivity index (χ1v) is 8.55. The fraction of sp³-hybridized carbons (Fsp3) is 0.211. The third-order valence-corrected chi connectivity index (χ3v) is 4.80. The minimum Gasteiger partial charge on any atom is -0.337 e. The van der Waals surface area contributed by atoms with E-state index in [4.69, 9.17) is 16.1 Å². The summed E-state index contributed by atoms with van der Waals surface area (Å²) in [5.74, 6) is 0.340. The standard InChI is InChI=1S/C19H15ClFN3O2/c1-11(25)24-16-5-3-2-4-13(16)8-17(24)19-22-18(23-26-19)9-12-6-7-14(21)10-15(12)20/h2-7,10,17H,8-9H2,1H3/t17-/m0/s1. The summed E-state index contributed by atoms with van der Waals surface area (Å²) < 4.78 is 18.6. The lowest BCUT2D eigenvalue weighted by Gasteiger charge is -2.21. The number of halogens is 2. The molecule has 0 radical (unpaired) electrons. The number of amides is 1. The molecule has 0 unspecified atom stereocenters. The molecule has 7 heteroatoms. The van der Waals surface area contributed by atoms with Crippen molar-refractivity contribution in [1.82, 2.24) is 10.1 Å². The van der Waals surface area contributed by atoms with E-state index in [-0.39, 0.29) is 11.9 Å². The molecule has 132 valence electrons. The van der Waals surface area contributed by atoms with E-state index in [0.717, 1.165) is 11.3 Å². The highest BCUT2D eigenvalue weighted by Crippen LogP contribution is 2.39. The predicted molar refractivity (Wildman–Crippen MR) is 94.6 cm³/mol. The summed E-state index contributed by atoms with van der Waals surface area (Å²) in [7, 11) is 0. The third-order valence-electron chi connectivity index (χ3n) is 4.45. The molecule has 2 aromatic carbocycles. The van der Waals surface area contributed by atoms with E-state index in [1.54, 1.807) is 11.0 Å². The van der Waals surface area contributed by atoms with Gasteiger partial charge >= 0.3 is 0 Å². The summed E-state index contributed by atoms with van der Waals surface area (Å²) >= 11 is 6.06. The number of anilines is 1. The molecule has 2 heterocycles. The fourth-order valence-electron chi connectivity index (χ4n) is 3.28. The molecule has 0 fully saturated rings. The number of benzene rings is 2. The summed E-state index contributed by atoms with van der Waals surface area (Å²) in [5.41, 5.74) is 2.64. The zero-order valence-corrected chi connectivity index (χ0v) is 14.7. The predicted octanol–water partition coefficient (Wildman–Crippen LogP) is 4.10. The molecular formula is C19H15ClFN3O2. The summed E-state index contributed by atoms with van der Waals surface area (Å²) in [6.07, 6.45) is 0.942. The smallest absolute Gasteiger partial charge is 0.250 e. The van der Waals surface area contributed by atoms with E-state index in [1.807, 2.05) is 24.3 Å². The lowest BCUT2D eigenvalue weighted by atomic mass is 10.1. The number of carbonyl (C=O) groups excluding carboxylic acids is 1. The van der Waals surface area contributed by atoms with E-state index in [2.05, 4.69) is 10.1 Å². The fourth-order valence-corrected chi connectivity index (χ4v) is 3.52.